The van der Waals surface area contributed by atoms with E-state index >= 15 is 0 Å². The van der Waals surface area contributed by atoms with Crippen LogP contribution in [0.3, 0.4) is 0 Å². The molecule has 2 heterocycles. The molecule has 0 aliphatic carbocycles. The summed E-state index contributed by atoms with van der Waals surface area (Å²) < 4.78 is 24.2. The number of carbonyl (C=O) groups is 1. The van der Waals surface area contributed by atoms with E-state index < -0.39 is 6.16 Å². The Bertz CT molecular complexity index is 1220. The van der Waals surface area contributed by atoms with Crippen LogP contribution >= 0.6 is 0 Å². The molecule has 174 valence electrons. The second-order valence-electron chi connectivity index (χ2n) is 8.35. The maximum Gasteiger partial charge on any atom is 0.511 e. The number of anilines is 1. The number of piperazine rings is 1. The maximum absolute atomic E-state index is 13.2. The zero-order valence-corrected chi connectivity index (χ0v) is 18.6. The molecule has 6 nitrogen and oxygen atoms in total. The number of carboxylic acid groups (broad SMARTS) is 1. The second kappa shape index (κ2) is 9.57. The van der Waals surface area contributed by atoms with Crippen LogP contribution in [-0.2, 0) is 6.61 Å². The molecule has 0 atom stereocenters. The Kier molecular flexibility index (Phi) is 6.18. The predicted octanol–water partition coefficient (Wildman–Crippen LogP) is 5.03. The minimum Gasteiger partial charge on any atom is -0.488 e. The summed E-state index contributed by atoms with van der Waals surface area (Å²) in [6, 6.07) is 19.8. The Labute approximate surface area is 197 Å². The molecule has 34 heavy (non-hydrogen) atoms. The number of halogens is 1. The first-order chi connectivity index (χ1) is 16.6. The van der Waals surface area contributed by atoms with E-state index in [1.807, 2.05) is 30.3 Å². The van der Waals surface area contributed by atoms with Crippen molar-refractivity contribution in [1.29, 1.82) is 0 Å². The van der Waals surface area contributed by atoms with Gasteiger partial charge in [0, 0.05) is 44.0 Å². The van der Waals surface area contributed by atoms with E-state index in [0.717, 1.165) is 60.7 Å². The molecule has 0 bridgehead atoms. The minimum atomic E-state index is -1.35. The second-order valence-corrected chi connectivity index (χ2v) is 8.35. The van der Waals surface area contributed by atoms with E-state index in [4.69, 9.17) is 14.6 Å². The van der Waals surface area contributed by atoms with Gasteiger partial charge in [0.05, 0.1) is 0 Å². The normalized spacial score (nSPS) is 16.9. The van der Waals surface area contributed by atoms with Crippen molar-refractivity contribution in [3.05, 3.63) is 95.3 Å². The minimum absolute atomic E-state index is 0.223. The number of nitrogens with zero attached hydrogens (tertiary/aromatic N) is 2. The fourth-order valence-electron chi connectivity index (χ4n) is 4.50. The number of hydrogen-bond donors (Lipinski definition) is 1. The van der Waals surface area contributed by atoms with E-state index in [9.17, 15) is 9.18 Å². The Balaban J connectivity index is 1.38. The average Bonchev–Trinajstić information content (AvgIpc) is 3.00. The average molecular weight is 461 g/mol. The van der Waals surface area contributed by atoms with E-state index in [2.05, 4.69) is 21.9 Å². The van der Waals surface area contributed by atoms with Crippen LogP contribution in [-0.4, -0.2) is 48.9 Å². The van der Waals surface area contributed by atoms with Gasteiger partial charge in [-0.1, -0.05) is 30.3 Å². The first-order valence-corrected chi connectivity index (χ1v) is 11.3. The van der Waals surface area contributed by atoms with Gasteiger partial charge < -0.3 is 19.5 Å². The van der Waals surface area contributed by atoms with Crippen LogP contribution in [0.2, 0.25) is 0 Å². The van der Waals surface area contributed by atoms with Crippen LogP contribution in [0.5, 0.6) is 11.5 Å². The highest BCUT2D eigenvalue weighted by Crippen LogP contribution is 2.38. The molecule has 0 unspecified atom stereocenters. The summed E-state index contributed by atoms with van der Waals surface area (Å²) >= 11 is 0. The summed E-state index contributed by atoms with van der Waals surface area (Å²) in [6.07, 6.45) is 0.837. The fourth-order valence-corrected chi connectivity index (χ4v) is 4.50. The van der Waals surface area contributed by atoms with Gasteiger partial charge in [-0.05, 0) is 59.2 Å². The van der Waals surface area contributed by atoms with Gasteiger partial charge in [-0.25, -0.2) is 9.18 Å². The quantitative estimate of drug-likeness (QED) is 0.435. The zero-order chi connectivity index (χ0) is 23.5. The van der Waals surface area contributed by atoms with Gasteiger partial charge in [-0.15, -0.1) is 0 Å². The smallest absolute Gasteiger partial charge is 0.488 e. The van der Waals surface area contributed by atoms with E-state index in [0.29, 0.717) is 12.4 Å². The molecule has 5 rings (SSSR count). The molecule has 3 aromatic carbocycles. The molecule has 0 aromatic heterocycles. The summed E-state index contributed by atoms with van der Waals surface area (Å²) in [5.74, 6) is 0.730. The molecule has 0 spiro atoms. The van der Waals surface area contributed by atoms with Gasteiger partial charge >= 0.3 is 6.16 Å². The summed E-state index contributed by atoms with van der Waals surface area (Å²) in [5, 5.41) is 9.04. The van der Waals surface area contributed by atoms with E-state index in [1.54, 1.807) is 18.2 Å². The molecular formula is C27H25FN2O4. The molecular weight excluding hydrogens is 435 g/mol. The molecule has 1 fully saturated rings. The van der Waals surface area contributed by atoms with Gasteiger partial charge in [0.15, 0.2) is 0 Å². The number of fused-ring (bicyclic) bond motifs is 2. The largest absolute Gasteiger partial charge is 0.511 e. The lowest BCUT2D eigenvalue weighted by Crippen LogP contribution is -2.46. The Morgan fingerprint density at radius 2 is 1.76 bits per heavy atom. The van der Waals surface area contributed by atoms with Gasteiger partial charge in [0.1, 0.15) is 23.9 Å². The van der Waals surface area contributed by atoms with Crippen LogP contribution < -0.4 is 14.4 Å². The number of rotatable bonds is 4. The van der Waals surface area contributed by atoms with Gasteiger partial charge in [-0.3, -0.25) is 4.90 Å². The van der Waals surface area contributed by atoms with Crippen molar-refractivity contribution >= 4 is 17.4 Å². The third-order valence-electron chi connectivity index (χ3n) is 6.25. The zero-order valence-electron chi connectivity index (χ0n) is 18.6. The molecule has 3 aromatic rings. The van der Waals surface area contributed by atoms with Crippen molar-refractivity contribution in [2.75, 3.05) is 37.6 Å². The Morgan fingerprint density at radius 1 is 1.00 bits per heavy atom. The van der Waals surface area contributed by atoms with Gasteiger partial charge in [0.2, 0.25) is 0 Å². The van der Waals surface area contributed by atoms with Crippen LogP contribution in [0.15, 0.2) is 72.8 Å². The molecule has 1 saturated heterocycles. The molecule has 2 aliphatic rings. The summed E-state index contributed by atoms with van der Waals surface area (Å²) in [7, 11) is 0. The number of hydrogen-bond acceptors (Lipinski definition) is 5. The van der Waals surface area contributed by atoms with Crippen molar-refractivity contribution in [2.45, 2.75) is 6.61 Å². The van der Waals surface area contributed by atoms with Crippen LogP contribution in [0, 0.1) is 5.82 Å². The van der Waals surface area contributed by atoms with Gasteiger partial charge in [0.25, 0.3) is 0 Å². The lowest BCUT2D eigenvalue weighted by molar-refractivity contribution is 0.144. The SMILES string of the molecule is O=C(O)Oc1ccc2c(c1)C(=CCN1CCN(c3ccc(F)cc3)CC1)c1ccccc1CO2. The molecule has 0 amide bonds. The predicted molar refractivity (Wildman–Crippen MR) is 128 cm³/mol. The van der Waals surface area contributed by atoms with Crippen molar-refractivity contribution in [1.82, 2.24) is 4.90 Å². The summed E-state index contributed by atoms with van der Waals surface area (Å²) in [6.45, 7) is 4.67. The molecule has 7 heteroatoms. The highest BCUT2D eigenvalue weighted by Gasteiger charge is 2.22. The fraction of sp³-hybridized carbons (Fsp3) is 0.222. The van der Waals surface area contributed by atoms with Crippen LogP contribution in [0.25, 0.3) is 5.57 Å². The third kappa shape index (κ3) is 4.75. The highest BCUT2D eigenvalue weighted by molar-refractivity contribution is 5.85. The summed E-state index contributed by atoms with van der Waals surface area (Å²) in [5.41, 5.74) is 4.99. The standard InChI is InChI=1S/C27H25FN2O4/c28-20-5-7-21(8-6-20)30-15-13-29(14-16-30)12-11-24-23-4-2-1-3-19(23)18-33-26-10-9-22(17-25(24)26)34-27(31)32/h1-11,17H,12-16,18H2,(H,31,32). The van der Waals surface area contributed by atoms with Crippen molar-refractivity contribution in [3.63, 3.8) is 0 Å². The lowest BCUT2D eigenvalue weighted by Gasteiger charge is -2.35. The monoisotopic (exact) mass is 460 g/mol. The Morgan fingerprint density at radius 3 is 2.53 bits per heavy atom. The lowest BCUT2D eigenvalue weighted by atomic mass is 9.94. The molecule has 0 radical (unpaired) electrons. The highest BCUT2D eigenvalue weighted by atomic mass is 19.1. The first kappa shape index (κ1) is 22.0. The number of benzene rings is 3. The van der Waals surface area contributed by atoms with Crippen LogP contribution in [0.4, 0.5) is 14.9 Å². The van der Waals surface area contributed by atoms with Crippen molar-refractivity contribution < 1.29 is 23.8 Å². The molecule has 0 saturated carbocycles. The number of ether oxygens (including phenoxy) is 2. The first-order valence-electron chi connectivity index (χ1n) is 11.3. The van der Waals surface area contributed by atoms with Crippen LogP contribution in [0.1, 0.15) is 16.7 Å². The third-order valence-corrected chi connectivity index (χ3v) is 6.25. The van der Waals surface area contributed by atoms with E-state index in [-0.39, 0.29) is 11.6 Å². The molecule has 1 N–H and O–H groups in total. The topological polar surface area (TPSA) is 62.2 Å². The van der Waals surface area contributed by atoms with Crippen molar-refractivity contribution in [3.8, 4) is 11.5 Å². The Hall–Kier alpha value is -3.84. The maximum atomic E-state index is 13.2. The van der Waals surface area contributed by atoms with Gasteiger partial charge in [-0.2, -0.15) is 0 Å². The summed E-state index contributed by atoms with van der Waals surface area (Å²) in [4.78, 5) is 15.7. The van der Waals surface area contributed by atoms with Crippen molar-refractivity contribution in [2.24, 2.45) is 0 Å². The van der Waals surface area contributed by atoms with E-state index in [1.165, 1.54) is 12.1 Å². The molecule has 2 aliphatic heterocycles.